The number of nitrogens with zero attached hydrogens (tertiary/aromatic N) is 3. The van der Waals surface area contributed by atoms with Crippen LogP contribution in [0.25, 0.3) is 0 Å². The van der Waals surface area contributed by atoms with Crippen LogP contribution in [-0.4, -0.2) is 60.9 Å². The van der Waals surface area contributed by atoms with Gasteiger partial charge in [0.05, 0.1) is 9.95 Å². The summed E-state index contributed by atoms with van der Waals surface area (Å²) in [5.41, 5.74) is 0.273. The first-order chi connectivity index (χ1) is 9.93. The van der Waals surface area contributed by atoms with E-state index in [1.165, 1.54) is 12.1 Å². The first-order valence-corrected chi connectivity index (χ1v) is 6.95. The summed E-state index contributed by atoms with van der Waals surface area (Å²) < 4.78 is 0. The molecule has 1 aromatic rings. The number of hydrogen-bond donors (Lipinski definition) is 1. The van der Waals surface area contributed by atoms with E-state index in [9.17, 15) is 14.9 Å². The van der Waals surface area contributed by atoms with Crippen molar-refractivity contribution in [1.82, 2.24) is 9.80 Å². The normalized spacial score (nSPS) is 15.9. The molecule has 2 rings (SSSR count). The Labute approximate surface area is 127 Å². The highest BCUT2D eigenvalue weighted by molar-refractivity contribution is 6.34. The first-order valence-electron chi connectivity index (χ1n) is 6.57. The average Bonchev–Trinajstić information content (AvgIpc) is 2.46. The van der Waals surface area contributed by atoms with Crippen LogP contribution in [0, 0.1) is 10.1 Å². The summed E-state index contributed by atoms with van der Waals surface area (Å²) in [7, 11) is 3.54. The van der Waals surface area contributed by atoms with Crippen LogP contribution in [0.3, 0.4) is 0 Å². The number of rotatable bonds is 3. The molecule has 0 spiro atoms. The van der Waals surface area contributed by atoms with Gasteiger partial charge in [-0.15, -0.1) is 0 Å². The quantitative estimate of drug-likeness (QED) is 0.678. The molecule has 1 saturated heterocycles. The molecule has 1 N–H and O–H groups in total. The second-order valence-electron chi connectivity index (χ2n) is 4.95. The number of carbonyl (C=O) groups is 1. The number of piperazine rings is 1. The van der Waals surface area contributed by atoms with E-state index in [1.807, 2.05) is 7.05 Å². The summed E-state index contributed by atoms with van der Waals surface area (Å²) in [6.07, 6.45) is 0. The summed E-state index contributed by atoms with van der Waals surface area (Å²) in [5.74, 6) is -0.226. The number of carbonyl (C=O) groups excluding carboxylic acids is 1. The fourth-order valence-electron chi connectivity index (χ4n) is 2.30. The molecule has 8 heteroatoms. The number of amides is 1. The summed E-state index contributed by atoms with van der Waals surface area (Å²) in [5, 5.41) is 14.0. The van der Waals surface area contributed by atoms with Gasteiger partial charge < -0.3 is 15.1 Å². The largest absolute Gasteiger partial charge is 0.381 e. The van der Waals surface area contributed by atoms with Crippen LogP contribution in [0.5, 0.6) is 0 Å². The highest BCUT2D eigenvalue weighted by Gasteiger charge is 2.25. The maximum atomic E-state index is 12.4. The number of nitro benzene ring substituents is 1. The third-order valence-electron chi connectivity index (χ3n) is 3.55. The van der Waals surface area contributed by atoms with Crippen molar-refractivity contribution in [1.29, 1.82) is 0 Å². The van der Waals surface area contributed by atoms with Gasteiger partial charge in [-0.1, -0.05) is 11.6 Å². The van der Waals surface area contributed by atoms with E-state index < -0.39 is 4.92 Å². The number of likely N-dealkylation sites (N-methyl/N-ethyl adjacent to an activating group) is 1. The zero-order valence-electron chi connectivity index (χ0n) is 11.9. The molecule has 1 aliphatic heterocycles. The third-order valence-corrected chi connectivity index (χ3v) is 3.85. The minimum absolute atomic E-state index is 0.171. The van der Waals surface area contributed by atoms with E-state index in [0.29, 0.717) is 13.1 Å². The van der Waals surface area contributed by atoms with E-state index in [-0.39, 0.29) is 27.9 Å². The molecular formula is C13H17ClN4O3. The highest BCUT2D eigenvalue weighted by atomic mass is 35.5. The zero-order chi connectivity index (χ0) is 15.6. The number of anilines is 1. The van der Waals surface area contributed by atoms with Crippen molar-refractivity contribution in [2.45, 2.75) is 0 Å². The minimum atomic E-state index is -0.543. The first kappa shape index (κ1) is 15.5. The summed E-state index contributed by atoms with van der Waals surface area (Å²) in [4.78, 5) is 26.8. The summed E-state index contributed by atoms with van der Waals surface area (Å²) in [6, 6.07) is 2.75. The van der Waals surface area contributed by atoms with Gasteiger partial charge in [0, 0.05) is 44.9 Å². The molecule has 114 valence electrons. The van der Waals surface area contributed by atoms with Crippen LogP contribution in [-0.2, 0) is 0 Å². The lowest BCUT2D eigenvalue weighted by molar-refractivity contribution is -0.384. The zero-order valence-corrected chi connectivity index (χ0v) is 12.7. The molecule has 0 unspecified atom stereocenters. The maximum Gasteiger partial charge on any atom is 0.294 e. The monoisotopic (exact) mass is 312 g/mol. The lowest BCUT2D eigenvalue weighted by Gasteiger charge is -2.32. The Morgan fingerprint density at radius 2 is 1.95 bits per heavy atom. The Morgan fingerprint density at radius 1 is 1.33 bits per heavy atom. The standard InChI is InChI=1S/C13H17ClN4O3/c1-15-12-10(14)7-9(8-11(12)18(20)21)13(19)17-5-3-16(2)4-6-17/h7-8,15H,3-6H2,1-2H3. The van der Waals surface area contributed by atoms with Gasteiger partial charge in [-0.2, -0.15) is 0 Å². The van der Waals surface area contributed by atoms with Gasteiger partial charge in [-0.25, -0.2) is 0 Å². The molecule has 1 aliphatic rings. The Kier molecular flexibility index (Phi) is 4.64. The minimum Gasteiger partial charge on any atom is -0.381 e. The molecule has 21 heavy (non-hydrogen) atoms. The third kappa shape index (κ3) is 3.25. The lowest BCUT2D eigenvalue weighted by Crippen LogP contribution is -2.47. The van der Waals surface area contributed by atoms with E-state index in [4.69, 9.17) is 11.6 Å². The number of nitrogens with one attached hydrogen (secondary N) is 1. The predicted octanol–water partition coefficient (Wildman–Crippen LogP) is 1.68. The van der Waals surface area contributed by atoms with E-state index >= 15 is 0 Å². The average molecular weight is 313 g/mol. The van der Waals surface area contributed by atoms with Crippen LogP contribution in [0.4, 0.5) is 11.4 Å². The molecule has 0 aromatic heterocycles. The van der Waals surface area contributed by atoms with E-state index in [0.717, 1.165) is 13.1 Å². The topological polar surface area (TPSA) is 78.7 Å². The van der Waals surface area contributed by atoms with Gasteiger partial charge >= 0.3 is 0 Å². The van der Waals surface area contributed by atoms with E-state index in [2.05, 4.69) is 10.2 Å². The Bertz CT molecular complexity index is 571. The molecule has 0 aliphatic carbocycles. The van der Waals surface area contributed by atoms with E-state index in [1.54, 1.807) is 11.9 Å². The number of hydrogen-bond acceptors (Lipinski definition) is 5. The molecule has 0 saturated carbocycles. The second-order valence-corrected chi connectivity index (χ2v) is 5.36. The van der Waals surface area contributed by atoms with Crippen molar-refractivity contribution in [2.24, 2.45) is 0 Å². The van der Waals surface area contributed by atoms with Crippen molar-refractivity contribution in [3.05, 3.63) is 32.8 Å². The fraction of sp³-hybridized carbons (Fsp3) is 0.462. The Balaban J connectivity index is 2.31. The van der Waals surface area contributed by atoms with Gasteiger partial charge in [0.1, 0.15) is 5.69 Å². The van der Waals surface area contributed by atoms with Gasteiger partial charge in [0.2, 0.25) is 0 Å². The number of halogens is 1. The second kappa shape index (κ2) is 6.28. The molecule has 1 fully saturated rings. The van der Waals surface area contributed by atoms with Crippen LogP contribution in [0.1, 0.15) is 10.4 Å². The highest BCUT2D eigenvalue weighted by Crippen LogP contribution is 2.33. The maximum absolute atomic E-state index is 12.4. The molecule has 7 nitrogen and oxygen atoms in total. The molecule has 1 amide bonds. The number of nitro groups is 1. The van der Waals surface area contributed by atoms with Crippen LogP contribution >= 0.6 is 11.6 Å². The SMILES string of the molecule is CNc1c(Cl)cc(C(=O)N2CCN(C)CC2)cc1[N+](=O)[O-]. The van der Waals surface area contributed by atoms with Gasteiger partial charge in [-0.3, -0.25) is 14.9 Å². The van der Waals surface area contributed by atoms with Crippen LogP contribution in [0.2, 0.25) is 5.02 Å². The van der Waals surface area contributed by atoms with Crippen molar-refractivity contribution < 1.29 is 9.72 Å². The fourth-order valence-corrected chi connectivity index (χ4v) is 2.61. The smallest absolute Gasteiger partial charge is 0.294 e. The molecule has 1 aromatic carbocycles. The molecule has 0 atom stereocenters. The predicted molar refractivity (Wildman–Crippen MR) is 81.1 cm³/mol. The van der Waals surface area contributed by atoms with Crippen molar-refractivity contribution in [2.75, 3.05) is 45.6 Å². The summed E-state index contributed by atoms with van der Waals surface area (Å²) >= 11 is 6.04. The van der Waals surface area contributed by atoms with Gasteiger partial charge in [0.25, 0.3) is 11.6 Å². The Hall–Kier alpha value is -1.86. The molecule has 0 bridgehead atoms. The Morgan fingerprint density at radius 3 is 2.48 bits per heavy atom. The van der Waals surface area contributed by atoms with Crippen molar-refractivity contribution in [3.8, 4) is 0 Å². The van der Waals surface area contributed by atoms with Crippen LogP contribution in [0.15, 0.2) is 12.1 Å². The lowest BCUT2D eigenvalue weighted by atomic mass is 10.1. The molecule has 1 heterocycles. The number of benzene rings is 1. The summed E-state index contributed by atoms with van der Waals surface area (Å²) in [6.45, 7) is 2.79. The van der Waals surface area contributed by atoms with Crippen LogP contribution < -0.4 is 5.32 Å². The van der Waals surface area contributed by atoms with Crippen molar-refractivity contribution >= 4 is 28.9 Å². The van der Waals surface area contributed by atoms with Gasteiger partial charge in [0.15, 0.2) is 0 Å². The molecule has 0 radical (unpaired) electrons. The molecular weight excluding hydrogens is 296 g/mol. The van der Waals surface area contributed by atoms with Crippen molar-refractivity contribution in [3.63, 3.8) is 0 Å². The van der Waals surface area contributed by atoms with Gasteiger partial charge in [-0.05, 0) is 13.1 Å².